The van der Waals surface area contributed by atoms with Crippen LogP contribution in [0.15, 0.2) is 36.4 Å². The molecule has 21 heavy (non-hydrogen) atoms. The van der Waals surface area contributed by atoms with E-state index in [1.807, 2.05) is 0 Å². The lowest BCUT2D eigenvalue weighted by molar-refractivity contribution is -0.384. The van der Waals surface area contributed by atoms with Crippen molar-refractivity contribution in [1.82, 2.24) is 0 Å². The number of anilines is 1. The van der Waals surface area contributed by atoms with Gasteiger partial charge >= 0.3 is 0 Å². The molecule has 0 saturated carbocycles. The number of carbonyl (C=O) groups is 1. The van der Waals surface area contributed by atoms with Crippen LogP contribution in [0.5, 0.6) is 0 Å². The number of hydrogen-bond donors (Lipinski definition) is 1. The van der Waals surface area contributed by atoms with Gasteiger partial charge in [0.05, 0.1) is 21.2 Å². The monoisotopic (exact) mass is 312 g/mol. The number of nitro groups is 1. The van der Waals surface area contributed by atoms with Crippen LogP contribution in [0.3, 0.4) is 0 Å². The SMILES string of the molecule is O=C(Nc1cccc(F)c1F)c1cc([N+](=O)[O-])ccc1Cl. The van der Waals surface area contributed by atoms with Crippen LogP contribution in [-0.2, 0) is 0 Å². The Morgan fingerprint density at radius 2 is 1.95 bits per heavy atom. The minimum absolute atomic E-state index is 0.0464. The average molecular weight is 313 g/mol. The standard InChI is InChI=1S/C13H7ClF2N2O3/c14-9-5-4-7(18(20)21)6-8(9)13(19)17-11-3-1-2-10(15)12(11)16/h1-6H,(H,17,19). The summed E-state index contributed by atoms with van der Waals surface area (Å²) in [6.07, 6.45) is 0. The molecule has 0 aromatic heterocycles. The van der Waals surface area contributed by atoms with Gasteiger partial charge in [-0.2, -0.15) is 0 Å². The van der Waals surface area contributed by atoms with Crippen LogP contribution < -0.4 is 5.32 Å². The molecule has 1 amide bonds. The van der Waals surface area contributed by atoms with Crippen molar-refractivity contribution >= 4 is 28.9 Å². The Morgan fingerprint density at radius 1 is 1.24 bits per heavy atom. The Kier molecular flexibility index (Phi) is 4.13. The highest BCUT2D eigenvalue weighted by molar-refractivity contribution is 6.34. The van der Waals surface area contributed by atoms with Crippen LogP contribution in [0.2, 0.25) is 5.02 Å². The van der Waals surface area contributed by atoms with Crippen LogP contribution in [0.1, 0.15) is 10.4 Å². The van der Waals surface area contributed by atoms with Gasteiger partial charge in [0.2, 0.25) is 0 Å². The maximum atomic E-state index is 13.5. The van der Waals surface area contributed by atoms with Crippen LogP contribution in [-0.4, -0.2) is 10.8 Å². The van der Waals surface area contributed by atoms with Crippen molar-refractivity contribution in [3.05, 3.63) is 68.7 Å². The number of halogens is 3. The van der Waals surface area contributed by atoms with E-state index < -0.39 is 22.5 Å². The number of nitrogens with one attached hydrogen (secondary N) is 1. The number of non-ortho nitro benzene ring substituents is 1. The Bertz CT molecular complexity index is 737. The summed E-state index contributed by atoms with van der Waals surface area (Å²) in [6.45, 7) is 0. The van der Waals surface area contributed by atoms with Crippen molar-refractivity contribution in [3.63, 3.8) is 0 Å². The van der Waals surface area contributed by atoms with Crippen LogP contribution in [0.25, 0.3) is 0 Å². The Hall–Kier alpha value is -2.54. The molecular formula is C13H7ClF2N2O3. The molecule has 0 saturated heterocycles. The maximum Gasteiger partial charge on any atom is 0.270 e. The number of nitrogens with zero attached hydrogens (tertiary/aromatic N) is 1. The van der Waals surface area contributed by atoms with Gasteiger partial charge < -0.3 is 5.32 Å². The number of rotatable bonds is 3. The molecule has 0 atom stereocenters. The smallest absolute Gasteiger partial charge is 0.270 e. The quantitative estimate of drug-likeness (QED) is 0.692. The van der Waals surface area contributed by atoms with Gasteiger partial charge in [-0.1, -0.05) is 17.7 Å². The zero-order chi connectivity index (χ0) is 15.6. The molecule has 5 nitrogen and oxygen atoms in total. The van der Waals surface area contributed by atoms with Gasteiger partial charge in [-0.25, -0.2) is 8.78 Å². The van der Waals surface area contributed by atoms with E-state index in [1.165, 1.54) is 12.1 Å². The molecule has 0 fully saturated rings. The Morgan fingerprint density at radius 3 is 2.62 bits per heavy atom. The molecular weight excluding hydrogens is 306 g/mol. The number of carbonyl (C=O) groups excluding carboxylic acids is 1. The van der Waals surface area contributed by atoms with E-state index in [-0.39, 0.29) is 22.0 Å². The van der Waals surface area contributed by atoms with Gasteiger partial charge in [0, 0.05) is 12.1 Å². The third-order valence-corrected chi connectivity index (χ3v) is 2.93. The van der Waals surface area contributed by atoms with Gasteiger partial charge in [-0.15, -0.1) is 0 Å². The van der Waals surface area contributed by atoms with Crippen molar-refractivity contribution in [2.75, 3.05) is 5.32 Å². The fourth-order valence-electron chi connectivity index (χ4n) is 1.59. The Labute approximate surface area is 122 Å². The topological polar surface area (TPSA) is 72.2 Å². The average Bonchev–Trinajstić information content (AvgIpc) is 2.44. The van der Waals surface area contributed by atoms with Crippen molar-refractivity contribution in [2.45, 2.75) is 0 Å². The highest BCUT2D eigenvalue weighted by atomic mass is 35.5. The molecule has 2 rings (SSSR count). The first kappa shape index (κ1) is 14.9. The summed E-state index contributed by atoms with van der Waals surface area (Å²) in [6, 6.07) is 6.52. The largest absolute Gasteiger partial charge is 0.319 e. The first-order valence-corrected chi connectivity index (χ1v) is 5.97. The third kappa shape index (κ3) is 3.14. The first-order chi connectivity index (χ1) is 9.90. The number of nitro benzene ring substituents is 1. The van der Waals surface area contributed by atoms with Crippen molar-refractivity contribution in [1.29, 1.82) is 0 Å². The second-order valence-corrected chi connectivity index (χ2v) is 4.38. The van der Waals surface area contributed by atoms with Gasteiger partial charge in [0.1, 0.15) is 0 Å². The van der Waals surface area contributed by atoms with E-state index >= 15 is 0 Å². The summed E-state index contributed by atoms with van der Waals surface area (Å²) < 4.78 is 26.5. The second kappa shape index (κ2) is 5.84. The minimum Gasteiger partial charge on any atom is -0.319 e. The molecule has 108 valence electrons. The summed E-state index contributed by atoms with van der Waals surface area (Å²) in [5.74, 6) is -3.24. The van der Waals surface area contributed by atoms with E-state index in [4.69, 9.17) is 11.6 Å². The molecule has 0 radical (unpaired) electrons. The lowest BCUT2D eigenvalue weighted by Crippen LogP contribution is -2.14. The fraction of sp³-hybridized carbons (Fsp3) is 0. The zero-order valence-corrected chi connectivity index (χ0v) is 11.0. The van der Waals surface area contributed by atoms with Crippen LogP contribution in [0.4, 0.5) is 20.2 Å². The summed E-state index contributed by atoms with van der Waals surface area (Å²) in [5.41, 5.74) is -0.943. The van der Waals surface area contributed by atoms with Gasteiger partial charge in [0.15, 0.2) is 11.6 Å². The first-order valence-electron chi connectivity index (χ1n) is 5.59. The van der Waals surface area contributed by atoms with E-state index in [9.17, 15) is 23.7 Å². The third-order valence-electron chi connectivity index (χ3n) is 2.61. The predicted octanol–water partition coefficient (Wildman–Crippen LogP) is 3.78. The molecule has 0 aliphatic rings. The predicted molar refractivity (Wildman–Crippen MR) is 72.4 cm³/mol. The molecule has 0 unspecified atom stereocenters. The highest BCUT2D eigenvalue weighted by Gasteiger charge is 2.18. The van der Waals surface area contributed by atoms with Gasteiger partial charge in [0.25, 0.3) is 11.6 Å². The fourth-order valence-corrected chi connectivity index (χ4v) is 1.79. The summed E-state index contributed by atoms with van der Waals surface area (Å²) in [4.78, 5) is 21.9. The molecule has 1 N–H and O–H groups in total. The van der Waals surface area contributed by atoms with Crippen molar-refractivity contribution < 1.29 is 18.5 Å². The molecule has 2 aromatic carbocycles. The van der Waals surface area contributed by atoms with E-state index in [0.717, 1.165) is 24.3 Å². The second-order valence-electron chi connectivity index (χ2n) is 3.98. The summed E-state index contributed by atoms with van der Waals surface area (Å²) in [5, 5.41) is 12.7. The Balaban J connectivity index is 2.34. The molecule has 0 bridgehead atoms. The molecule has 2 aromatic rings. The van der Waals surface area contributed by atoms with E-state index in [0.29, 0.717) is 0 Å². The lowest BCUT2D eigenvalue weighted by Gasteiger charge is -2.08. The molecule has 8 heteroatoms. The lowest BCUT2D eigenvalue weighted by atomic mass is 10.1. The zero-order valence-electron chi connectivity index (χ0n) is 10.3. The molecule has 0 aliphatic carbocycles. The molecule has 0 aliphatic heterocycles. The molecule has 0 heterocycles. The van der Waals surface area contributed by atoms with E-state index in [1.54, 1.807) is 0 Å². The van der Waals surface area contributed by atoms with Gasteiger partial charge in [-0.3, -0.25) is 14.9 Å². The highest BCUT2D eigenvalue weighted by Crippen LogP contribution is 2.24. The van der Waals surface area contributed by atoms with Crippen LogP contribution >= 0.6 is 11.6 Å². The summed E-state index contributed by atoms with van der Waals surface area (Å²) in [7, 11) is 0. The minimum atomic E-state index is -1.23. The summed E-state index contributed by atoms with van der Waals surface area (Å²) >= 11 is 5.78. The van der Waals surface area contributed by atoms with Crippen molar-refractivity contribution in [2.24, 2.45) is 0 Å². The van der Waals surface area contributed by atoms with Crippen LogP contribution in [0, 0.1) is 21.7 Å². The van der Waals surface area contributed by atoms with Crippen molar-refractivity contribution in [3.8, 4) is 0 Å². The normalized spacial score (nSPS) is 10.2. The number of hydrogen-bond acceptors (Lipinski definition) is 3. The maximum absolute atomic E-state index is 13.5. The molecule has 0 spiro atoms. The number of amides is 1. The van der Waals surface area contributed by atoms with E-state index in [2.05, 4.69) is 5.32 Å². The van der Waals surface area contributed by atoms with Gasteiger partial charge in [-0.05, 0) is 18.2 Å². The number of benzene rings is 2.